The van der Waals surface area contributed by atoms with Crippen LogP contribution in [-0.2, 0) is 37.9 Å². The van der Waals surface area contributed by atoms with Crippen molar-refractivity contribution in [1.29, 1.82) is 15.8 Å². The smallest absolute Gasteiger partial charge is 0.696 e. The van der Waals surface area contributed by atoms with Crippen molar-refractivity contribution >= 4 is 103 Å². The number of pyridine rings is 6. The molecule has 246 valence electrons. The maximum absolute atomic E-state index is 7.13. The minimum Gasteiger partial charge on any atom is -0.696 e. The molecule has 0 saturated carbocycles. The SMILES string of the molecule is N#C[S-].N#C[S-].N#C[S-].[La+3].c1cnc2c(c1)ccc1cccnc12.c1cnc2c(c1)ccc1cccnc12.c1cnc2c(c1)ccc1cccnc12. The first-order valence-corrected chi connectivity index (χ1v) is 16.1. The topological polar surface area (TPSA) is 149 Å². The molecule has 6 heterocycles. The molecule has 0 atom stereocenters. The molecule has 3 aromatic carbocycles. The van der Waals surface area contributed by atoms with E-state index in [1.165, 1.54) is 16.2 Å². The van der Waals surface area contributed by atoms with Crippen LogP contribution in [0.3, 0.4) is 0 Å². The largest absolute Gasteiger partial charge is 3.00 e. The first-order chi connectivity index (χ1) is 25.1. The molecule has 0 fully saturated rings. The quantitative estimate of drug-likeness (QED) is 0.0820. The van der Waals surface area contributed by atoms with Crippen LogP contribution in [0.2, 0.25) is 0 Å². The summed E-state index contributed by atoms with van der Waals surface area (Å²) < 4.78 is 0. The van der Waals surface area contributed by atoms with Gasteiger partial charge in [-0.15, -0.1) is 0 Å². The van der Waals surface area contributed by atoms with Gasteiger partial charge in [-0.2, -0.15) is 0 Å². The van der Waals surface area contributed by atoms with Crippen LogP contribution in [0.4, 0.5) is 0 Å². The second-order valence-electron chi connectivity index (χ2n) is 9.92. The summed E-state index contributed by atoms with van der Waals surface area (Å²) in [6.07, 6.45) is 10.8. The molecule has 9 rings (SSSR count). The fraction of sp³-hybridized carbons (Fsp3) is 0. The van der Waals surface area contributed by atoms with Crippen molar-refractivity contribution in [2.45, 2.75) is 0 Å². The number of nitriles is 3. The summed E-state index contributed by atoms with van der Waals surface area (Å²) in [5, 5.41) is 32.2. The first-order valence-electron chi connectivity index (χ1n) is 14.9. The van der Waals surface area contributed by atoms with Crippen LogP contribution in [0.1, 0.15) is 0 Å². The van der Waals surface area contributed by atoms with E-state index in [0.717, 1.165) is 65.4 Å². The van der Waals surface area contributed by atoms with Gasteiger partial charge < -0.3 is 37.9 Å². The van der Waals surface area contributed by atoms with E-state index in [2.05, 4.69) is 141 Å². The van der Waals surface area contributed by atoms with E-state index in [9.17, 15) is 0 Å². The van der Waals surface area contributed by atoms with Gasteiger partial charge in [-0.25, -0.2) is 15.8 Å². The van der Waals surface area contributed by atoms with Crippen molar-refractivity contribution in [3.63, 3.8) is 0 Å². The molecule has 0 N–H and O–H groups in total. The van der Waals surface area contributed by atoms with Gasteiger partial charge in [-0.3, -0.25) is 29.9 Å². The van der Waals surface area contributed by atoms with Crippen molar-refractivity contribution in [3.8, 4) is 16.2 Å². The molecule has 0 spiro atoms. The van der Waals surface area contributed by atoms with Crippen molar-refractivity contribution in [3.05, 3.63) is 146 Å². The Labute approximate surface area is 344 Å². The Hall–Kier alpha value is -5.56. The zero-order valence-electron chi connectivity index (χ0n) is 27.2. The Morgan fingerprint density at radius 2 is 0.442 bits per heavy atom. The second kappa shape index (κ2) is 22.3. The van der Waals surface area contributed by atoms with Gasteiger partial charge >= 0.3 is 35.6 Å². The van der Waals surface area contributed by atoms with Crippen LogP contribution in [0, 0.1) is 67.6 Å². The number of benzene rings is 3. The standard InChI is InChI=1S/3C12H8N2.3CHNS.La/c3*1-3-9-5-6-10-4-2-8-14-12(10)11(9)13-7-1;3*2-1-3;/h3*1-8H;3*3H;/q;;;;;;+3/p-3. The third kappa shape index (κ3) is 11.0. The van der Waals surface area contributed by atoms with E-state index < -0.39 is 0 Å². The zero-order chi connectivity index (χ0) is 36.3. The summed E-state index contributed by atoms with van der Waals surface area (Å²) >= 11 is 11.1. The summed E-state index contributed by atoms with van der Waals surface area (Å²) in [5.74, 6) is 0. The second-order valence-corrected chi connectivity index (χ2v) is 10.5. The number of aromatic nitrogens is 6. The van der Waals surface area contributed by atoms with Crippen LogP contribution in [-0.4, -0.2) is 29.9 Å². The molecule has 0 aliphatic heterocycles. The zero-order valence-corrected chi connectivity index (χ0v) is 33.3. The molecule has 13 heteroatoms. The van der Waals surface area contributed by atoms with E-state index in [1.807, 2.05) is 36.4 Å². The molecule has 9 nitrogen and oxygen atoms in total. The predicted molar refractivity (Wildman–Crippen MR) is 210 cm³/mol. The average molecular weight is 854 g/mol. The average Bonchev–Trinajstić information content (AvgIpc) is 3.19. The molecule has 0 bridgehead atoms. The molecular formula is C39H24LaN9S3. The predicted octanol–water partition coefficient (Wildman–Crippen LogP) is 8.39. The summed E-state index contributed by atoms with van der Waals surface area (Å²) in [7, 11) is 0. The number of thiocyanates is 3. The number of hydrogen-bond donors (Lipinski definition) is 0. The molecule has 52 heavy (non-hydrogen) atoms. The van der Waals surface area contributed by atoms with Crippen molar-refractivity contribution < 1.29 is 35.6 Å². The van der Waals surface area contributed by atoms with Gasteiger partial charge in [0, 0.05) is 69.5 Å². The molecule has 0 saturated heterocycles. The molecule has 0 amide bonds. The van der Waals surface area contributed by atoms with Crippen LogP contribution < -0.4 is 0 Å². The Morgan fingerprint density at radius 3 is 0.577 bits per heavy atom. The fourth-order valence-corrected chi connectivity index (χ4v) is 5.04. The van der Waals surface area contributed by atoms with Crippen LogP contribution in [0.25, 0.3) is 65.4 Å². The van der Waals surface area contributed by atoms with E-state index in [1.54, 1.807) is 37.2 Å². The van der Waals surface area contributed by atoms with E-state index in [-0.39, 0.29) is 35.6 Å². The van der Waals surface area contributed by atoms with Crippen molar-refractivity contribution in [1.82, 2.24) is 29.9 Å². The Morgan fingerprint density at radius 1 is 0.308 bits per heavy atom. The minimum absolute atomic E-state index is 0. The molecule has 0 aliphatic rings. The molecule has 6 aromatic heterocycles. The van der Waals surface area contributed by atoms with E-state index in [4.69, 9.17) is 15.8 Å². The maximum Gasteiger partial charge on any atom is 3.00 e. The summed E-state index contributed by atoms with van der Waals surface area (Å²) in [5.41, 5.74) is 5.86. The van der Waals surface area contributed by atoms with Gasteiger partial charge in [-0.05, 0) is 36.4 Å². The first kappa shape index (κ1) is 40.9. The monoisotopic (exact) mass is 853 g/mol. The fourth-order valence-electron chi connectivity index (χ4n) is 5.04. The Kier molecular flexibility index (Phi) is 17.5. The summed E-state index contributed by atoms with van der Waals surface area (Å²) in [4.78, 5) is 26.1. The van der Waals surface area contributed by atoms with Crippen LogP contribution in [0.15, 0.2) is 146 Å². The Balaban J connectivity index is 0.000000187. The van der Waals surface area contributed by atoms with Gasteiger partial charge in [-0.1, -0.05) is 89.0 Å². The van der Waals surface area contributed by atoms with E-state index in [0.29, 0.717) is 0 Å². The molecule has 9 aromatic rings. The van der Waals surface area contributed by atoms with Gasteiger partial charge in [0.25, 0.3) is 0 Å². The number of fused-ring (bicyclic) bond motifs is 9. The van der Waals surface area contributed by atoms with Gasteiger partial charge in [0.1, 0.15) is 0 Å². The third-order valence-electron chi connectivity index (χ3n) is 7.03. The third-order valence-corrected chi connectivity index (χ3v) is 7.03. The molecule has 0 unspecified atom stereocenters. The van der Waals surface area contributed by atoms with Crippen molar-refractivity contribution in [2.24, 2.45) is 0 Å². The molecule has 0 radical (unpaired) electrons. The number of nitrogens with zero attached hydrogens (tertiary/aromatic N) is 9. The van der Waals surface area contributed by atoms with E-state index >= 15 is 0 Å². The minimum atomic E-state index is 0. The molecule has 0 aliphatic carbocycles. The number of hydrogen-bond acceptors (Lipinski definition) is 12. The van der Waals surface area contributed by atoms with Crippen molar-refractivity contribution in [2.75, 3.05) is 0 Å². The van der Waals surface area contributed by atoms with Gasteiger partial charge in [0.05, 0.1) is 33.1 Å². The van der Waals surface area contributed by atoms with Gasteiger partial charge in [0.15, 0.2) is 0 Å². The summed E-state index contributed by atoms with van der Waals surface area (Å²) in [6.45, 7) is 0. The Bertz CT molecular complexity index is 2200. The number of rotatable bonds is 0. The maximum atomic E-state index is 7.13. The normalized spacial score (nSPS) is 9.17. The van der Waals surface area contributed by atoms with Crippen LogP contribution >= 0.6 is 0 Å². The van der Waals surface area contributed by atoms with Gasteiger partial charge in [0.2, 0.25) is 0 Å². The van der Waals surface area contributed by atoms with Crippen LogP contribution in [0.5, 0.6) is 0 Å². The summed E-state index contributed by atoms with van der Waals surface area (Å²) in [6, 6.07) is 36.4. The molecular weight excluding hydrogens is 830 g/mol.